The van der Waals surface area contributed by atoms with Crippen molar-refractivity contribution in [1.82, 2.24) is 0 Å². The van der Waals surface area contributed by atoms with Gasteiger partial charge in [0.25, 0.3) is 5.91 Å². The van der Waals surface area contributed by atoms with Crippen molar-refractivity contribution in [1.29, 1.82) is 0 Å². The van der Waals surface area contributed by atoms with Gasteiger partial charge in [0.2, 0.25) is 0 Å². The first-order valence-corrected chi connectivity index (χ1v) is 6.43. The molecule has 0 aliphatic heterocycles. The summed E-state index contributed by atoms with van der Waals surface area (Å²) in [5.74, 6) is 0.761. The molecule has 0 unspecified atom stereocenters. The van der Waals surface area contributed by atoms with Gasteiger partial charge in [0.1, 0.15) is 0 Å². The van der Waals surface area contributed by atoms with Crippen LogP contribution in [0.1, 0.15) is 10.4 Å². The number of rotatable bonds is 4. The lowest BCUT2D eigenvalue weighted by molar-refractivity contribution is 0.0989. The van der Waals surface area contributed by atoms with Crippen LogP contribution in [0.25, 0.3) is 0 Å². The van der Waals surface area contributed by atoms with E-state index < -0.39 is 0 Å². The van der Waals surface area contributed by atoms with Gasteiger partial charge in [-0.3, -0.25) is 4.79 Å². The van der Waals surface area contributed by atoms with Crippen molar-refractivity contribution >= 4 is 17.3 Å². The second-order valence-corrected chi connectivity index (χ2v) is 4.50. The Bertz CT molecular complexity index is 638. The smallest absolute Gasteiger partial charge is 0.261 e. The lowest BCUT2D eigenvalue weighted by Crippen LogP contribution is -2.26. The Morgan fingerprint density at radius 1 is 1.05 bits per heavy atom. The standard InChI is InChI=1S/C16H18N2O3/c1-18(12-9-7-11(17)8-10-12)16(19)13-5-4-6-14(20-2)15(13)21-3/h4-10H,17H2,1-3H3. The van der Waals surface area contributed by atoms with Crippen molar-refractivity contribution in [2.24, 2.45) is 0 Å². The van der Waals surface area contributed by atoms with E-state index in [9.17, 15) is 4.79 Å². The van der Waals surface area contributed by atoms with E-state index in [2.05, 4.69) is 0 Å². The number of benzene rings is 2. The largest absolute Gasteiger partial charge is 0.493 e. The summed E-state index contributed by atoms with van der Waals surface area (Å²) in [7, 11) is 4.75. The molecule has 0 aromatic heterocycles. The number of carbonyl (C=O) groups is 1. The molecule has 21 heavy (non-hydrogen) atoms. The van der Waals surface area contributed by atoms with E-state index in [1.165, 1.54) is 19.1 Å². The second-order valence-electron chi connectivity index (χ2n) is 4.50. The number of nitrogens with zero attached hydrogens (tertiary/aromatic N) is 1. The molecule has 0 radical (unpaired) electrons. The summed E-state index contributed by atoms with van der Waals surface area (Å²) >= 11 is 0. The molecular weight excluding hydrogens is 268 g/mol. The molecule has 0 spiro atoms. The molecule has 0 aliphatic rings. The van der Waals surface area contributed by atoms with Crippen LogP contribution in [0.3, 0.4) is 0 Å². The van der Waals surface area contributed by atoms with E-state index in [1.807, 2.05) is 0 Å². The zero-order valence-electron chi connectivity index (χ0n) is 12.3. The Balaban J connectivity index is 2.37. The molecule has 2 aromatic carbocycles. The number of hydrogen-bond donors (Lipinski definition) is 1. The Hall–Kier alpha value is -2.69. The van der Waals surface area contributed by atoms with Gasteiger partial charge in [-0.15, -0.1) is 0 Å². The molecule has 2 rings (SSSR count). The summed E-state index contributed by atoms with van der Waals surface area (Å²) < 4.78 is 10.5. The van der Waals surface area contributed by atoms with E-state index in [0.717, 1.165) is 5.69 Å². The Labute approximate surface area is 123 Å². The molecule has 5 heteroatoms. The molecule has 0 heterocycles. The number of hydrogen-bond acceptors (Lipinski definition) is 4. The number of nitrogens with two attached hydrogens (primary N) is 1. The third kappa shape index (κ3) is 2.91. The minimum Gasteiger partial charge on any atom is -0.493 e. The fourth-order valence-electron chi connectivity index (χ4n) is 2.05. The number of para-hydroxylation sites is 1. The van der Waals surface area contributed by atoms with Crippen LogP contribution in [-0.2, 0) is 0 Å². The summed E-state index contributed by atoms with van der Waals surface area (Å²) in [4.78, 5) is 14.2. The molecule has 0 aliphatic carbocycles. The highest BCUT2D eigenvalue weighted by Crippen LogP contribution is 2.32. The van der Waals surface area contributed by atoms with Gasteiger partial charge < -0.3 is 20.1 Å². The summed E-state index contributed by atoms with van der Waals surface area (Å²) in [6.07, 6.45) is 0. The van der Waals surface area contributed by atoms with E-state index in [4.69, 9.17) is 15.2 Å². The SMILES string of the molecule is COc1cccc(C(=O)N(C)c2ccc(N)cc2)c1OC. The normalized spacial score (nSPS) is 10.0. The van der Waals surface area contributed by atoms with Crippen molar-refractivity contribution in [3.63, 3.8) is 0 Å². The summed E-state index contributed by atoms with van der Waals surface area (Å²) in [5.41, 5.74) is 7.50. The average Bonchev–Trinajstić information content (AvgIpc) is 2.53. The predicted octanol–water partition coefficient (Wildman–Crippen LogP) is 2.56. The molecule has 2 N–H and O–H groups in total. The van der Waals surface area contributed by atoms with Crippen molar-refractivity contribution in [2.45, 2.75) is 0 Å². The monoisotopic (exact) mass is 286 g/mol. The lowest BCUT2D eigenvalue weighted by Gasteiger charge is -2.19. The van der Waals surface area contributed by atoms with Gasteiger partial charge in [0, 0.05) is 18.4 Å². The zero-order chi connectivity index (χ0) is 15.4. The molecule has 110 valence electrons. The van der Waals surface area contributed by atoms with Crippen LogP contribution in [0.4, 0.5) is 11.4 Å². The topological polar surface area (TPSA) is 64.8 Å². The van der Waals surface area contributed by atoms with Gasteiger partial charge in [-0.2, -0.15) is 0 Å². The lowest BCUT2D eigenvalue weighted by atomic mass is 10.1. The van der Waals surface area contributed by atoms with Crippen LogP contribution in [0, 0.1) is 0 Å². The predicted molar refractivity (Wildman–Crippen MR) is 83.1 cm³/mol. The first-order valence-electron chi connectivity index (χ1n) is 6.43. The summed E-state index contributed by atoms with van der Waals surface area (Å²) in [6, 6.07) is 12.3. The molecule has 0 saturated heterocycles. The van der Waals surface area contributed by atoms with E-state index >= 15 is 0 Å². The van der Waals surface area contributed by atoms with Crippen LogP contribution in [0.15, 0.2) is 42.5 Å². The van der Waals surface area contributed by atoms with E-state index in [1.54, 1.807) is 49.5 Å². The molecule has 0 bridgehead atoms. The fourth-order valence-corrected chi connectivity index (χ4v) is 2.05. The number of nitrogen functional groups attached to an aromatic ring is 1. The van der Waals surface area contributed by atoms with Crippen LogP contribution in [0.2, 0.25) is 0 Å². The van der Waals surface area contributed by atoms with Gasteiger partial charge in [-0.1, -0.05) is 6.07 Å². The quantitative estimate of drug-likeness (QED) is 0.877. The van der Waals surface area contributed by atoms with Crippen molar-refractivity contribution in [2.75, 3.05) is 31.9 Å². The molecule has 0 saturated carbocycles. The third-order valence-electron chi connectivity index (χ3n) is 3.22. The van der Waals surface area contributed by atoms with E-state index in [0.29, 0.717) is 22.7 Å². The van der Waals surface area contributed by atoms with Gasteiger partial charge >= 0.3 is 0 Å². The summed E-state index contributed by atoms with van der Waals surface area (Å²) in [5, 5.41) is 0. The molecule has 1 amide bonds. The van der Waals surface area contributed by atoms with Crippen LogP contribution >= 0.6 is 0 Å². The van der Waals surface area contributed by atoms with Crippen molar-refractivity contribution < 1.29 is 14.3 Å². The zero-order valence-corrected chi connectivity index (χ0v) is 12.3. The van der Waals surface area contributed by atoms with Crippen molar-refractivity contribution in [3.05, 3.63) is 48.0 Å². The highest BCUT2D eigenvalue weighted by atomic mass is 16.5. The number of ether oxygens (including phenoxy) is 2. The minimum absolute atomic E-state index is 0.185. The van der Waals surface area contributed by atoms with Gasteiger partial charge in [-0.25, -0.2) is 0 Å². The molecule has 0 fully saturated rings. The molecule has 5 nitrogen and oxygen atoms in total. The van der Waals surface area contributed by atoms with Crippen LogP contribution in [0.5, 0.6) is 11.5 Å². The maximum atomic E-state index is 12.6. The average molecular weight is 286 g/mol. The Kier molecular flexibility index (Phi) is 4.33. The third-order valence-corrected chi connectivity index (χ3v) is 3.22. The number of anilines is 2. The van der Waals surface area contributed by atoms with E-state index in [-0.39, 0.29) is 5.91 Å². The van der Waals surface area contributed by atoms with Crippen molar-refractivity contribution in [3.8, 4) is 11.5 Å². The Morgan fingerprint density at radius 2 is 1.71 bits per heavy atom. The maximum absolute atomic E-state index is 12.6. The number of carbonyl (C=O) groups excluding carboxylic acids is 1. The number of methoxy groups -OCH3 is 2. The highest BCUT2D eigenvalue weighted by molar-refractivity contribution is 6.08. The highest BCUT2D eigenvalue weighted by Gasteiger charge is 2.20. The first-order chi connectivity index (χ1) is 10.1. The molecule has 0 atom stereocenters. The van der Waals surface area contributed by atoms with Gasteiger partial charge in [-0.05, 0) is 36.4 Å². The minimum atomic E-state index is -0.185. The van der Waals surface area contributed by atoms with Gasteiger partial charge in [0.15, 0.2) is 11.5 Å². The fraction of sp³-hybridized carbons (Fsp3) is 0.188. The first kappa shape index (κ1) is 14.7. The maximum Gasteiger partial charge on any atom is 0.261 e. The molecule has 2 aromatic rings. The second kappa shape index (κ2) is 6.17. The Morgan fingerprint density at radius 3 is 2.29 bits per heavy atom. The van der Waals surface area contributed by atoms with Gasteiger partial charge in [0.05, 0.1) is 19.8 Å². The summed E-state index contributed by atoms with van der Waals surface area (Å²) in [6.45, 7) is 0. The van der Waals surface area contributed by atoms with Crippen LogP contribution in [-0.4, -0.2) is 27.2 Å². The van der Waals surface area contributed by atoms with Crippen LogP contribution < -0.4 is 20.1 Å². The molecular formula is C16H18N2O3. The number of amides is 1.